The van der Waals surface area contributed by atoms with Crippen LogP contribution in [-0.2, 0) is 0 Å². The van der Waals surface area contributed by atoms with E-state index in [9.17, 15) is 0 Å². The van der Waals surface area contributed by atoms with E-state index in [-0.39, 0.29) is 0 Å². The van der Waals surface area contributed by atoms with Crippen molar-refractivity contribution in [3.05, 3.63) is 0 Å². The predicted molar refractivity (Wildman–Crippen MR) is 47.6 cm³/mol. The minimum Gasteiger partial charge on any atom is -0.316 e. The first-order valence-corrected chi connectivity index (χ1v) is 5.16. The third kappa shape index (κ3) is 2.48. The van der Waals surface area contributed by atoms with Crippen molar-refractivity contribution in [2.24, 2.45) is 11.8 Å². The molecule has 2 fully saturated rings. The highest BCUT2D eigenvalue weighted by atomic mass is 14.9. The summed E-state index contributed by atoms with van der Waals surface area (Å²) in [5, 5.41) is 3.59. The Balaban J connectivity index is 1.51. The van der Waals surface area contributed by atoms with Gasteiger partial charge in [0.2, 0.25) is 0 Å². The minimum atomic E-state index is 1.02. The zero-order valence-electron chi connectivity index (χ0n) is 7.31. The van der Waals surface area contributed by atoms with E-state index < -0.39 is 0 Å². The van der Waals surface area contributed by atoms with Gasteiger partial charge < -0.3 is 5.32 Å². The van der Waals surface area contributed by atoms with Crippen LogP contribution in [0, 0.1) is 11.8 Å². The van der Waals surface area contributed by atoms with Gasteiger partial charge in [-0.1, -0.05) is 12.8 Å². The Hall–Kier alpha value is -0.0400. The quantitative estimate of drug-likeness (QED) is 0.652. The Kier molecular flexibility index (Phi) is 2.47. The van der Waals surface area contributed by atoms with Crippen LogP contribution >= 0.6 is 0 Å². The first kappa shape index (κ1) is 7.60. The largest absolute Gasteiger partial charge is 0.316 e. The standard InChI is InChI=1S/C10H19N/c1-2-4-9(3-1)7-11-8-10-5-6-10/h9-11H,1-8H2. The van der Waals surface area contributed by atoms with Gasteiger partial charge in [-0.2, -0.15) is 0 Å². The van der Waals surface area contributed by atoms with E-state index in [2.05, 4.69) is 5.32 Å². The Morgan fingerprint density at radius 3 is 1.91 bits per heavy atom. The Bertz CT molecular complexity index is 112. The van der Waals surface area contributed by atoms with Gasteiger partial charge in [0.15, 0.2) is 0 Å². The lowest BCUT2D eigenvalue weighted by Crippen LogP contribution is -2.23. The van der Waals surface area contributed by atoms with Crippen molar-refractivity contribution < 1.29 is 0 Å². The summed E-state index contributed by atoms with van der Waals surface area (Å²) >= 11 is 0. The molecule has 0 heterocycles. The summed E-state index contributed by atoms with van der Waals surface area (Å²) in [6, 6.07) is 0. The maximum atomic E-state index is 3.59. The molecule has 0 radical (unpaired) electrons. The number of hydrogen-bond acceptors (Lipinski definition) is 1. The summed E-state index contributed by atoms with van der Waals surface area (Å²) in [6.45, 7) is 2.60. The van der Waals surface area contributed by atoms with Crippen LogP contribution in [0.25, 0.3) is 0 Å². The average Bonchev–Trinajstić information content (AvgIpc) is 2.66. The van der Waals surface area contributed by atoms with Crippen LogP contribution in [0.4, 0.5) is 0 Å². The molecule has 0 saturated heterocycles. The molecule has 2 saturated carbocycles. The molecule has 1 heteroatoms. The lowest BCUT2D eigenvalue weighted by atomic mass is 10.1. The van der Waals surface area contributed by atoms with Crippen molar-refractivity contribution in [2.75, 3.05) is 13.1 Å². The van der Waals surface area contributed by atoms with E-state index in [0.29, 0.717) is 0 Å². The van der Waals surface area contributed by atoms with Gasteiger partial charge in [0, 0.05) is 0 Å². The molecule has 11 heavy (non-hydrogen) atoms. The van der Waals surface area contributed by atoms with E-state index in [1.54, 1.807) is 0 Å². The summed E-state index contributed by atoms with van der Waals surface area (Å²) in [5.41, 5.74) is 0. The minimum absolute atomic E-state index is 1.02. The second-order valence-corrected chi connectivity index (χ2v) is 4.25. The van der Waals surface area contributed by atoms with Crippen LogP contribution in [0.1, 0.15) is 38.5 Å². The third-order valence-electron chi connectivity index (χ3n) is 3.04. The molecule has 64 valence electrons. The van der Waals surface area contributed by atoms with Crippen LogP contribution in [0.15, 0.2) is 0 Å². The third-order valence-corrected chi connectivity index (χ3v) is 3.04. The average molecular weight is 153 g/mol. The van der Waals surface area contributed by atoms with Gasteiger partial charge in [-0.15, -0.1) is 0 Å². The highest BCUT2D eigenvalue weighted by molar-refractivity contribution is 4.77. The fraction of sp³-hybridized carbons (Fsp3) is 1.00. The van der Waals surface area contributed by atoms with Gasteiger partial charge in [0.25, 0.3) is 0 Å². The normalized spacial score (nSPS) is 26.2. The smallest absolute Gasteiger partial charge is 0.00204 e. The fourth-order valence-electron chi connectivity index (χ4n) is 2.03. The van der Waals surface area contributed by atoms with Gasteiger partial charge in [-0.3, -0.25) is 0 Å². The maximum absolute atomic E-state index is 3.59. The van der Waals surface area contributed by atoms with Crippen molar-refractivity contribution in [3.63, 3.8) is 0 Å². The molecule has 0 amide bonds. The Morgan fingerprint density at radius 2 is 1.36 bits per heavy atom. The molecule has 0 aliphatic heterocycles. The number of hydrogen-bond donors (Lipinski definition) is 1. The SMILES string of the molecule is C1CCC(CNCC2CC2)C1. The maximum Gasteiger partial charge on any atom is -0.00204 e. The zero-order chi connectivity index (χ0) is 7.52. The molecule has 2 aliphatic rings. The van der Waals surface area contributed by atoms with Gasteiger partial charge >= 0.3 is 0 Å². The van der Waals surface area contributed by atoms with E-state index >= 15 is 0 Å². The molecule has 0 spiro atoms. The molecular formula is C10H19N. The monoisotopic (exact) mass is 153 g/mol. The zero-order valence-corrected chi connectivity index (χ0v) is 7.31. The molecule has 0 unspecified atom stereocenters. The van der Waals surface area contributed by atoms with Crippen molar-refractivity contribution in [3.8, 4) is 0 Å². The molecule has 0 aromatic carbocycles. The second-order valence-electron chi connectivity index (χ2n) is 4.25. The summed E-state index contributed by atoms with van der Waals surface area (Å²) in [6.07, 6.45) is 8.90. The van der Waals surface area contributed by atoms with Crippen molar-refractivity contribution in [2.45, 2.75) is 38.5 Å². The first-order valence-electron chi connectivity index (χ1n) is 5.16. The number of nitrogens with one attached hydrogen (secondary N) is 1. The van der Waals surface area contributed by atoms with Crippen LogP contribution in [0.5, 0.6) is 0 Å². The van der Waals surface area contributed by atoms with Crippen LogP contribution < -0.4 is 5.32 Å². The molecule has 2 rings (SSSR count). The molecule has 0 aromatic heterocycles. The van der Waals surface area contributed by atoms with E-state index in [0.717, 1.165) is 11.8 Å². The predicted octanol–water partition coefficient (Wildman–Crippen LogP) is 2.18. The molecular weight excluding hydrogens is 134 g/mol. The van der Waals surface area contributed by atoms with Gasteiger partial charge in [0.1, 0.15) is 0 Å². The molecule has 1 N–H and O–H groups in total. The van der Waals surface area contributed by atoms with E-state index in [1.807, 2.05) is 0 Å². The van der Waals surface area contributed by atoms with Gasteiger partial charge in [-0.25, -0.2) is 0 Å². The van der Waals surface area contributed by atoms with Gasteiger partial charge in [-0.05, 0) is 50.6 Å². The molecule has 0 aromatic rings. The highest BCUT2D eigenvalue weighted by Crippen LogP contribution is 2.28. The van der Waals surface area contributed by atoms with Crippen LogP contribution in [0.2, 0.25) is 0 Å². The topological polar surface area (TPSA) is 12.0 Å². The number of rotatable bonds is 4. The summed E-state index contributed by atoms with van der Waals surface area (Å²) < 4.78 is 0. The molecule has 1 nitrogen and oxygen atoms in total. The van der Waals surface area contributed by atoms with Crippen molar-refractivity contribution in [1.82, 2.24) is 5.32 Å². The molecule has 0 atom stereocenters. The summed E-state index contributed by atoms with van der Waals surface area (Å²) in [4.78, 5) is 0. The van der Waals surface area contributed by atoms with E-state index in [4.69, 9.17) is 0 Å². The molecule has 0 bridgehead atoms. The first-order chi connectivity index (χ1) is 5.45. The summed E-state index contributed by atoms with van der Waals surface area (Å²) in [5.74, 6) is 2.07. The fourth-order valence-corrected chi connectivity index (χ4v) is 2.03. The Morgan fingerprint density at radius 1 is 0.818 bits per heavy atom. The lowest BCUT2D eigenvalue weighted by Gasteiger charge is -2.09. The van der Waals surface area contributed by atoms with Crippen LogP contribution in [-0.4, -0.2) is 13.1 Å². The Labute approximate surface area is 69.6 Å². The summed E-state index contributed by atoms with van der Waals surface area (Å²) in [7, 11) is 0. The lowest BCUT2D eigenvalue weighted by molar-refractivity contribution is 0.481. The highest BCUT2D eigenvalue weighted by Gasteiger charge is 2.21. The molecule has 2 aliphatic carbocycles. The van der Waals surface area contributed by atoms with Gasteiger partial charge in [0.05, 0.1) is 0 Å². The van der Waals surface area contributed by atoms with Crippen LogP contribution in [0.3, 0.4) is 0 Å². The van der Waals surface area contributed by atoms with Crippen molar-refractivity contribution in [1.29, 1.82) is 0 Å². The second kappa shape index (κ2) is 3.57. The van der Waals surface area contributed by atoms with Crippen molar-refractivity contribution >= 4 is 0 Å². The van der Waals surface area contributed by atoms with E-state index in [1.165, 1.54) is 51.6 Å².